The van der Waals surface area contributed by atoms with Crippen LogP contribution in [0.25, 0.3) is 0 Å². The van der Waals surface area contributed by atoms with Gasteiger partial charge in [-0.3, -0.25) is 9.98 Å². The summed E-state index contributed by atoms with van der Waals surface area (Å²) in [5.74, 6) is 0.876. The average molecular weight is 332 g/mol. The molecule has 134 valence electrons. The predicted octanol–water partition coefficient (Wildman–Crippen LogP) is 0.817. The van der Waals surface area contributed by atoms with Gasteiger partial charge >= 0.3 is 0 Å². The highest BCUT2D eigenvalue weighted by atomic mass is 15.2. The van der Waals surface area contributed by atoms with Crippen molar-refractivity contribution in [2.75, 3.05) is 59.9 Å². The van der Waals surface area contributed by atoms with Crippen LogP contribution in [0.2, 0.25) is 0 Å². The first kappa shape index (κ1) is 18.7. The molecule has 6 nitrogen and oxygen atoms in total. The highest BCUT2D eigenvalue weighted by Crippen LogP contribution is 2.01. The molecule has 0 bridgehead atoms. The summed E-state index contributed by atoms with van der Waals surface area (Å²) < 4.78 is 0. The zero-order valence-electron chi connectivity index (χ0n) is 15.2. The molecule has 2 heterocycles. The van der Waals surface area contributed by atoms with Gasteiger partial charge in [-0.2, -0.15) is 0 Å². The Morgan fingerprint density at radius 2 is 2.04 bits per heavy atom. The van der Waals surface area contributed by atoms with Crippen molar-refractivity contribution < 1.29 is 0 Å². The zero-order chi connectivity index (χ0) is 17.0. The number of hydrogen-bond donors (Lipinski definition) is 2. The van der Waals surface area contributed by atoms with Crippen molar-refractivity contribution in [1.29, 1.82) is 0 Å². The second-order valence-electron chi connectivity index (χ2n) is 6.35. The van der Waals surface area contributed by atoms with Crippen LogP contribution in [0.3, 0.4) is 0 Å². The molecule has 1 aliphatic heterocycles. The third kappa shape index (κ3) is 7.27. The standard InChI is InChI=1S/C18H32N6/c1-19-18(22-11-8-17-7-3-4-9-20-17)21-10-5-13-24-14-6-12-23(2)15-16-24/h3-4,7,9H,5-6,8,10-16H2,1-2H3,(H2,19,21,22). The van der Waals surface area contributed by atoms with Gasteiger partial charge in [0.05, 0.1) is 0 Å². The van der Waals surface area contributed by atoms with Gasteiger partial charge in [-0.15, -0.1) is 0 Å². The summed E-state index contributed by atoms with van der Waals surface area (Å²) in [6.45, 7) is 7.78. The van der Waals surface area contributed by atoms with E-state index in [4.69, 9.17) is 0 Å². The molecule has 1 saturated heterocycles. The Hall–Kier alpha value is -1.66. The van der Waals surface area contributed by atoms with E-state index in [0.29, 0.717) is 0 Å². The fourth-order valence-corrected chi connectivity index (χ4v) is 2.91. The topological polar surface area (TPSA) is 55.8 Å². The van der Waals surface area contributed by atoms with E-state index in [0.717, 1.165) is 44.1 Å². The molecule has 0 radical (unpaired) electrons. The first-order chi connectivity index (χ1) is 11.8. The van der Waals surface area contributed by atoms with Crippen molar-refractivity contribution in [3.8, 4) is 0 Å². The summed E-state index contributed by atoms with van der Waals surface area (Å²) in [7, 11) is 4.03. The van der Waals surface area contributed by atoms with Crippen LogP contribution in [0.1, 0.15) is 18.5 Å². The Bertz CT molecular complexity index is 476. The van der Waals surface area contributed by atoms with Crippen LogP contribution in [0.5, 0.6) is 0 Å². The van der Waals surface area contributed by atoms with Crippen molar-refractivity contribution in [3.05, 3.63) is 30.1 Å². The van der Waals surface area contributed by atoms with Crippen LogP contribution in [-0.4, -0.2) is 80.7 Å². The van der Waals surface area contributed by atoms with Gasteiger partial charge in [0, 0.05) is 51.5 Å². The molecule has 0 unspecified atom stereocenters. The highest BCUT2D eigenvalue weighted by molar-refractivity contribution is 5.79. The number of likely N-dealkylation sites (N-methyl/N-ethyl adjacent to an activating group) is 1. The maximum absolute atomic E-state index is 4.33. The summed E-state index contributed by atoms with van der Waals surface area (Å²) in [5.41, 5.74) is 1.10. The van der Waals surface area contributed by atoms with Crippen LogP contribution in [-0.2, 0) is 6.42 Å². The summed E-state index contributed by atoms with van der Waals surface area (Å²) in [6.07, 6.45) is 5.16. The number of nitrogens with zero attached hydrogens (tertiary/aromatic N) is 4. The second-order valence-corrected chi connectivity index (χ2v) is 6.35. The van der Waals surface area contributed by atoms with Crippen LogP contribution >= 0.6 is 0 Å². The minimum atomic E-state index is 0.842. The molecule has 24 heavy (non-hydrogen) atoms. The molecule has 1 aliphatic rings. The molecule has 0 aliphatic carbocycles. The maximum Gasteiger partial charge on any atom is 0.190 e. The Balaban J connectivity index is 1.56. The quantitative estimate of drug-likeness (QED) is 0.440. The molecule has 0 atom stereocenters. The number of aliphatic imine (C=N–C) groups is 1. The Labute approximate surface area is 146 Å². The van der Waals surface area contributed by atoms with Gasteiger partial charge in [0.25, 0.3) is 0 Å². The Kier molecular flexibility index (Phi) is 8.55. The van der Waals surface area contributed by atoms with Gasteiger partial charge in [0.15, 0.2) is 5.96 Å². The van der Waals surface area contributed by atoms with E-state index in [1.807, 2.05) is 25.4 Å². The molecule has 0 spiro atoms. The first-order valence-corrected chi connectivity index (χ1v) is 9.03. The number of hydrogen-bond acceptors (Lipinski definition) is 4. The van der Waals surface area contributed by atoms with E-state index in [-0.39, 0.29) is 0 Å². The van der Waals surface area contributed by atoms with E-state index in [1.165, 1.54) is 32.6 Å². The molecule has 0 aromatic carbocycles. The lowest BCUT2D eigenvalue weighted by molar-refractivity contribution is 0.274. The van der Waals surface area contributed by atoms with Crippen molar-refractivity contribution in [1.82, 2.24) is 25.4 Å². The van der Waals surface area contributed by atoms with E-state index >= 15 is 0 Å². The fourth-order valence-electron chi connectivity index (χ4n) is 2.91. The molecule has 1 fully saturated rings. The summed E-state index contributed by atoms with van der Waals surface area (Å²) >= 11 is 0. The lowest BCUT2D eigenvalue weighted by atomic mass is 10.3. The summed E-state index contributed by atoms with van der Waals surface area (Å²) in [5, 5.41) is 6.75. The molecule has 6 heteroatoms. The monoisotopic (exact) mass is 332 g/mol. The number of rotatable bonds is 7. The first-order valence-electron chi connectivity index (χ1n) is 9.03. The molecule has 1 aromatic rings. The summed E-state index contributed by atoms with van der Waals surface area (Å²) in [4.78, 5) is 13.6. The number of nitrogens with one attached hydrogen (secondary N) is 2. The largest absolute Gasteiger partial charge is 0.356 e. The molecule has 0 amide bonds. The molecular formula is C18H32N6. The lowest BCUT2D eigenvalue weighted by Crippen LogP contribution is -2.40. The van der Waals surface area contributed by atoms with Gasteiger partial charge < -0.3 is 20.4 Å². The third-order valence-electron chi connectivity index (χ3n) is 4.38. The molecule has 2 rings (SSSR count). The van der Waals surface area contributed by atoms with Crippen molar-refractivity contribution in [2.24, 2.45) is 4.99 Å². The SMILES string of the molecule is CN=C(NCCCN1CCCN(C)CC1)NCCc1ccccn1. The minimum Gasteiger partial charge on any atom is -0.356 e. The van der Waals surface area contributed by atoms with Crippen LogP contribution in [0.15, 0.2) is 29.4 Å². The third-order valence-corrected chi connectivity index (χ3v) is 4.38. The number of pyridine rings is 1. The highest BCUT2D eigenvalue weighted by Gasteiger charge is 2.11. The van der Waals surface area contributed by atoms with Gasteiger partial charge in [0.2, 0.25) is 0 Å². The smallest absolute Gasteiger partial charge is 0.190 e. The maximum atomic E-state index is 4.33. The van der Waals surface area contributed by atoms with Gasteiger partial charge in [-0.25, -0.2) is 0 Å². The van der Waals surface area contributed by atoms with Gasteiger partial charge in [-0.05, 0) is 51.7 Å². The molecule has 2 N–H and O–H groups in total. The number of guanidine groups is 1. The van der Waals surface area contributed by atoms with Gasteiger partial charge in [-0.1, -0.05) is 6.07 Å². The number of aromatic nitrogens is 1. The average Bonchev–Trinajstić information content (AvgIpc) is 2.82. The molecule has 1 aromatic heterocycles. The summed E-state index contributed by atoms with van der Waals surface area (Å²) in [6, 6.07) is 6.02. The lowest BCUT2D eigenvalue weighted by Gasteiger charge is -2.20. The van der Waals surface area contributed by atoms with E-state index < -0.39 is 0 Å². The Morgan fingerprint density at radius 3 is 2.83 bits per heavy atom. The predicted molar refractivity (Wildman–Crippen MR) is 100 cm³/mol. The van der Waals surface area contributed by atoms with Crippen LogP contribution in [0, 0.1) is 0 Å². The Morgan fingerprint density at radius 1 is 1.17 bits per heavy atom. The molecular weight excluding hydrogens is 300 g/mol. The second kappa shape index (κ2) is 11.0. The minimum absolute atomic E-state index is 0.842. The van der Waals surface area contributed by atoms with E-state index in [2.05, 4.69) is 43.5 Å². The fraction of sp³-hybridized carbons (Fsp3) is 0.667. The zero-order valence-corrected chi connectivity index (χ0v) is 15.2. The van der Waals surface area contributed by atoms with Crippen LogP contribution in [0.4, 0.5) is 0 Å². The van der Waals surface area contributed by atoms with Crippen molar-refractivity contribution >= 4 is 5.96 Å². The normalized spacial score (nSPS) is 17.5. The van der Waals surface area contributed by atoms with Gasteiger partial charge in [0.1, 0.15) is 0 Å². The molecule has 0 saturated carbocycles. The van der Waals surface area contributed by atoms with E-state index in [9.17, 15) is 0 Å². The van der Waals surface area contributed by atoms with Crippen LogP contribution < -0.4 is 10.6 Å². The van der Waals surface area contributed by atoms with Crippen molar-refractivity contribution in [3.63, 3.8) is 0 Å². The van der Waals surface area contributed by atoms with E-state index in [1.54, 1.807) is 0 Å². The van der Waals surface area contributed by atoms with Crippen molar-refractivity contribution in [2.45, 2.75) is 19.3 Å².